The number of phosphoric acid groups is 1. The van der Waals surface area contributed by atoms with Crippen LogP contribution in [0.3, 0.4) is 0 Å². The van der Waals surface area contributed by atoms with E-state index in [1.807, 2.05) is 0 Å². The third-order valence-electron chi connectivity index (χ3n) is 9.64. The minimum Gasteiger partial charge on any atom is -0.480 e. The van der Waals surface area contributed by atoms with Crippen molar-refractivity contribution < 1.29 is 42.7 Å². The number of carboxylic acid groups (broad SMARTS) is 1. The third kappa shape index (κ3) is 37.3. The molecule has 3 atom stereocenters. The highest BCUT2D eigenvalue weighted by Crippen LogP contribution is 2.43. The minimum absolute atomic E-state index is 0.0253. The Morgan fingerprint density at radius 3 is 1.27 bits per heavy atom. The molecule has 10 nitrogen and oxygen atoms in total. The maximum absolute atomic E-state index is 12.5. The maximum Gasteiger partial charge on any atom is 0.472 e. The van der Waals surface area contributed by atoms with Gasteiger partial charge in [-0.2, -0.15) is 0 Å². The Balaban J connectivity index is 4.09. The molecule has 0 fully saturated rings. The normalized spacial score (nSPS) is 13.9. The predicted octanol–water partition coefficient (Wildman–Crippen LogP) is 11.6. The van der Waals surface area contributed by atoms with Crippen molar-refractivity contribution in [3.8, 4) is 0 Å². The zero-order valence-electron chi connectivity index (χ0n) is 33.7. The van der Waals surface area contributed by atoms with Crippen molar-refractivity contribution in [1.82, 2.24) is 0 Å². The summed E-state index contributed by atoms with van der Waals surface area (Å²) < 4.78 is 33.3. The molecule has 0 amide bonds. The minimum atomic E-state index is -4.60. The van der Waals surface area contributed by atoms with Crippen LogP contribution < -0.4 is 5.73 Å². The highest BCUT2D eigenvalue weighted by molar-refractivity contribution is 7.47. The standard InChI is InChI=1S/C41H82NO9P/c1-3-5-7-9-11-13-15-16-17-18-19-20-21-22-23-24-26-28-30-32-34-48-35-38(36-49-52(46,47)50-37-39(42)41(44)45)51-40(43)33-31-29-27-25-14-12-10-8-6-4-2/h38-39H,3-37,42H2,1-2H3,(H,44,45)(H,46,47)/t38-,39+/m1/s1. The summed E-state index contributed by atoms with van der Waals surface area (Å²) in [6, 6.07) is -1.47. The van der Waals surface area contributed by atoms with E-state index in [0.717, 1.165) is 38.5 Å². The fourth-order valence-electron chi connectivity index (χ4n) is 6.25. The molecule has 0 aliphatic carbocycles. The van der Waals surface area contributed by atoms with Gasteiger partial charge in [-0.3, -0.25) is 18.6 Å². The molecule has 0 aliphatic rings. The Morgan fingerprint density at radius 2 is 0.885 bits per heavy atom. The van der Waals surface area contributed by atoms with Crippen molar-refractivity contribution in [3.63, 3.8) is 0 Å². The van der Waals surface area contributed by atoms with Gasteiger partial charge < -0.3 is 25.2 Å². The number of carbonyl (C=O) groups excluding carboxylic acids is 1. The van der Waals surface area contributed by atoms with Crippen molar-refractivity contribution in [2.75, 3.05) is 26.4 Å². The first kappa shape index (κ1) is 51.0. The summed E-state index contributed by atoms with van der Waals surface area (Å²) in [6.45, 7) is 3.90. The van der Waals surface area contributed by atoms with Crippen LogP contribution >= 0.6 is 7.82 Å². The molecule has 11 heteroatoms. The van der Waals surface area contributed by atoms with Crippen LogP contribution in [0.1, 0.15) is 213 Å². The monoisotopic (exact) mass is 764 g/mol. The topological polar surface area (TPSA) is 155 Å². The Hall–Kier alpha value is -1.03. The van der Waals surface area contributed by atoms with E-state index in [2.05, 4.69) is 13.8 Å². The Labute approximate surface area is 319 Å². The van der Waals surface area contributed by atoms with Crippen LogP contribution in [-0.2, 0) is 32.7 Å². The number of nitrogens with two attached hydrogens (primary N) is 1. The van der Waals surface area contributed by atoms with Gasteiger partial charge in [-0.15, -0.1) is 0 Å². The molecule has 310 valence electrons. The lowest BCUT2D eigenvalue weighted by Gasteiger charge is -2.20. The second kappa shape index (κ2) is 38.3. The summed E-state index contributed by atoms with van der Waals surface area (Å²) in [7, 11) is -4.60. The molecular formula is C41H82NO9P. The van der Waals surface area contributed by atoms with E-state index >= 15 is 0 Å². The van der Waals surface area contributed by atoms with Gasteiger partial charge in [0.2, 0.25) is 0 Å². The highest BCUT2D eigenvalue weighted by atomic mass is 31.2. The molecule has 0 saturated heterocycles. The summed E-state index contributed by atoms with van der Waals surface area (Å²) >= 11 is 0. The lowest BCUT2D eigenvalue weighted by molar-refractivity contribution is -0.154. The number of aliphatic carboxylic acids is 1. The van der Waals surface area contributed by atoms with Crippen LogP contribution in [0.25, 0.3) is 0 Å². The van der Waals surface area contributed by atoms with Crippen LogP contribution in [0, 0.1) is 0 Å². The molecule has 0 aromatic carbocycles. The van der Waals surface area contributed by atoms with Crippen molar-refractivity contribution in [2.24, 2.45) is 5.73 Å². The fourth-order valence-corrected chi connectivity index (χ4v) is 7.03. The summed E-state index contributed by atoms with van der Waals surface area (Å²) in [4.78, 5) is 33.4. The molecule has 4 N–H and O–H groups in total. The van der Waals surface area contributed by atoms with Crippen LogP contribution in [0.5, 0.6) is 0 Å². The summed E-state index contributed by atoms with van der Waals surface area (Å²) in [5.74, 6) is -1.77. The summed E-state index contributed by atoms with van der Waals surface area (Å²) in [5.41, 5.74) is 5.34. The van der Waals surface area contributed by atoms with Crippen LogP contribution in [0.15, 0.2) is 0 Å². The second-order valence-corrected chi connectivity index (χ2v) is 16.3. The number of carboxylic acids is 1. The summed E-state index contributed by atoms with van der Waals surface area (Å²) in [5, 5.41) is 8.87. The van der Waals surface area contributed by atoms with E-state index in [1.54, 1.807) is 0 Å². The molecule has 0 spiro atoms. The first-order chi connectivity index (χ1) is 25.2. The zero-order valence-corrected chi connectivity index (χ0v) is 34.6. The molecule has 0 radical (unpaired) electrons. The predicted molar refractivity (Wildman–Crippen MR) is 213 cm³/mol. The molecule has 0 aromatic heterocycles. The van der Waals surface area contributed by atoms with Gasteiger partial charge in [-0.05, 0) is 12.8 Å². The van der Waals surface area contributed by atoms with E-state index in [0.29, 0.717) is 6.61 Å². The number of ether oxygens (including phenoxy) is 2. The number of carbonyl (C=O) groups is 2. The highest BCUT2D eigenvalue weighted by Gasteiger charge is 2.27. The number of phosphoric ester groups is 1. The second-order valence-electron chi connectivity index (χ2n) is 14.8. The van der Waals surface area contributed by atoms with Gasteiger partial charge in [0.15, 0.2) is 0 Å². The van der Waals surface area contributed by atoms with Crippen LogP contribution in [-0.4, -0.2) is 60.5 Å². The average Bonchev–Trinajstić information content (AvgIpc) is 3.12. The largest absolute Gasteiger partial charge is 0.480 e. The van der Waals surface area contributed by atoms with E-state index < -0.39 is 45.1 Å². The van der Waals surface area contributed by atoms with E-state index in [-0.39, 0.29) is 13.0 Å². The Bertz CT molecular complexity index is 847. The molecule has 0 aliphatic heterocycles. The van der Waals surface area contributed by atoms with Gasteiger partial charge in [-0.25, -0.2) is 4.57 Å². The third-order valence-corrected chi connectivity index (χ3v) is 10.6. The number of hydrogen-bond acceptors (Lipinski definition) is 8. The van der Waals surface area contributed by atoms with E-state index in [4.69, 9.17) is 29.4 Å². The average molecular weight is 764 g/mol. The maximum atomic E-state index is 12.5. The van der Waals surface area contributed by atoms with Crippen molar-refractivity contribution in [2.45, 2.75) is 225 Å². The van der Waals surface area contributed by atoms with E-state index in [1.165, 1.54) is 154 Å². The first-order valence-corrected chi connectivity index (χ1v) is 23.1. The lowest BCUT2D eigenvalue weighted by atomic mass is 10.0. The number of rotatable bonds is 42. The van der Waals surface area contributed by atoms with Crippen molar-refractivity contribution in [3.05, 3.63) is 0 Å². The Morgan fingerprint density at radius 1 is 0.538 bits per heavy atom. The molecule has 52 heavy (non-hydrogen) atoms. The molecular weight excluding hydrogens is 681 g/mol. The van der Waals surface area contributed by atoms with Gasteiger partial charge in [0.05, 0.1) is 19.8 Å². The van der Waals surface area contributed by atoms with Crippen LogP contribution in [0.2, 0.25) is 0 Å². The van der Waals surface area contributed by atoms with Gasteiger partial charge in [0.25, 0.3) is 0 Å². The Kier molecular flexibility index (Phi) is 37.5. The van der Waals surface area contributed by atoms with Gasteiger partial charge in [0.1, 0.15) is 12.1 Å². The molecule has 0 saturated carbocycles. The molecule has 0 heterocycles. The zero-order chi connectivity index (χ0) is 38.4. The first-order valence-electron chi connectivity index (χ1n) is 21.6. The fraction of sp³-hybridized carbons (Fsp3) is 0.951. The number of esters is 1. The quantitative estimate of drug-likeness (QED) is 0.0311. The number of unbranched alkanes of at least 4 members (excludes halogenated alkanes) is 28. The van der Waals surface area contributed by atoms with Crippen molar-refractivity contribution >= 4 is 19.8 Å². The molecule has 0 rings (SSSR count). The van der Waals surface area contributed by atoms with Gasteiger partial charge in [0, 0.05) is 13.0 Å². The molecule has 0 bridgehead atoms. The van der Waals surface area contributed by atoms with Crippen LogP contribution in [0.4, 0.5) is 0 Å². The molecule has 1 unspecified atom stereocenters. The molecule has 0 aromatic rings. The van der Waals surface area contributed by atoms with Gasteiger partial charge in [-0.1, -0.05) is 194 Å². The SMILES string of the molecule is CCCCCCCCCCCCCCCCCCCCCCOC[C@H](COP(=O)(O)OC[C@H](N)C(=O)O)OC(=O)CCCCCCCCCCCC. The smallest absolute Gasteiger partial charge is 0.472 e. The van der Waals surface area contributed by atoms with Crippen molar-refractivity contribution in [1.29, 1.82) is 0 Å². The number of hydrogen-bond donors (Lipinski definition) is 3. The lowest BCUT2D eigenvalue weighted by Crippen LogP contribution is -2.34. The van der Waals surface area contributed by atoms with E-state index in [9.17, 15) is 19.0 Å². The van der Waals surface area contributed by atoms with Gasteiger partial charge >= 0.3 is 19.8 Å². The summed E-state index contributed by atoms with van der Waals surface area (Å²) in [6.07, 6.45) is 37.3.